The lowest BCUT2D eigenvalue weighted by Gasteiger charge is -2.28. The van der Waals surface area contributed by atoms with Crippen LogP contribution in [-0.2, 0) is 78.5 Å². The van der Waals surface area contributed by atoms with Crippen molar-refractivity contribution in [3.05, 3.63) is 35.9 Å². The lowest BCUT2D eigenvalue weighted by molar-refractivity contribution is -0.140. The van der Waals surface area contributed by atoms with Crippen molar-refractivity contribution in [1.29, 1.82) is 0 Å². The maximum absolute atomic E-state index is 14.3. The van der Waals surface area contributed by atoms with Gasteiger partial charge in [0.2, 0.25) is 65.0 Å². The van der Waals surface area contributed by atoms with E-state index in [2.05, 4.69) is 58.5 Å². The molecule has 522 valence electrons. The van der Waals surface area contributed by atoms with Crippen LogP contribution in [0.4, 0.5) is 0 Å². The van der Waals surface area contributed by atoms with Crippen molar-refractivity contribution < 1.29 is 97.5 Å². The van der Waals surface area contributed by atoms with E-state index >= 15 is 0 Å². The lowest BCUT2D eigenvalue weighted by Crippen LogP contribution is -2.61. The maximum atomic E-state index is 14.3. The van der Waals surface area contributed by atoms with E-state index in [0.29, 0.717) is 12.8 Å². The fraction of sp³-hybridized carbons (Fsp3) is 0.650. The molecule has 0 aliphatic rings. The molecular weight excluding hydrogens is 1220 g/mol. The van der Waals surface area contributed by atoms with E-state index in [9.17, 15) is 97.5 Å². The lowest BCUT2D eigenvalue weighted by atomic mass is 10.0. The van der Waals surface area contributed by atoms with Crippen LogP contribution in [0.25, 0.3) is 0 Å². The third kappa shape index (κ3) is 33.9. The van der Waals surface area contributed by atoms with E-state index in [1.54, 1.807) is 58.0 Å². The minimum Gasteiger partial charge on any atom is -0.481 e. The Labute approximate surface area is 539 Å². The Morgan fingerprint density at radius 1 is 0.419 bits per heavy atom. The van der Waals surface area contributed by atoms with E-state index in [0.717, 1.165) is 5.56 Å². The summed E-state index contributed by atoms with van der Waals surface area (Å²) >= 11 is 0. The average Bonchev–Trinajstić information content (AvgIpc) is 1.24. The number of benzene rings is 1. The Kier molecular flexibility index (Phi) is 38.7. The Balaban J connectivity index is 3.58. The van der Waals surface area contributed by atoms with Crippen LogP contribution >= 0.6 is 0 Å². The van der Waals surface area contributed by atoms with Gasteiger partial charge in [-0.25, -0.2) is 0 Å². The zero-order chi connectivity index (χ0) is 70.5. The average molecular weight is 1320 g/mol. The molecule has 0 aliphatic heterocycles. The molecule has 0 saturated carbocycles. The van der Waals surface area contributed by atoms with Crippen molar-refractivity contribution >= 4 is 88.9 Å². The summed E-state index contributed by atoms with van der Waals surface area (Å²) in [6, 6.07) is -7.38. The highest BCUT2D eigenvalue weighted by Gasteiger charge is 2.37. The molecular formula is C60H97N13O20. The number of aliphatic hydroxyl groups is 1. The second-order valence-corrected chi connectivity index (χ2v) is 23.3. The van der Waals surface area contributed by atoms with Crippen LogP contribution in [0, 0.1) is 11.8 Å². The highest BCUT2D eigenvalue weighted by atomic mass is 16.4. The molecule has 1 aromatic carbocycles. The molecule has 1 rings (SSSR count). The summed E-state index contributed by atoms with van der Waals surface area (Å²) in [7, 11) is 0. The molecule has 20 N–H and O–H groups in total. The molecule has 33 heteroatoms. The van der Waals surface area contributed by atoms with Crippen molar-refractivity contribution in [3.63, 3.8) is 0 Å². The maximum Gasteiger partial charge on any atom is 0.305 e. The van der Waals surface area contributed by atoms with E-state index in [1.165, 1.54) is 6.92 Å². The van der Waals surface area contributed by atoms with Gasteiger partial charge < -0.3 is 95.5 Å². The number of rotatable bonds is 48. The molecule has 0 aliphatic carbocycles. The number of aliphatic carboxylic acids is 4. The number of unbranched alkanes of at least 4 members (excludes halogenated alkanes) is 2. The first-order chi connectivity index (χ1) is 43.7. The zero-order valence-electron chi connectivity index (χ0n) is 53.8. The first-order valence-electron chi connectivity index (χ1n) is 31.0. The normalized spacial score (nSPS) is 14.7. The van der Waals surface area contributed by atoms with Crippen molar-refractivity contribution in [2.24, 2.45) is 23.3 Å². The first-order valence-corrected chi connectivity index (χ1v) is 31.0. The van der Waals surface area contributed by atoms with Crippen LogP contribution in [0.5, 0.6) is 0 Å². The third-order valence-electron chi connectivity index (χ3n) is 14.6. The molecule has 0 saturated heterocycles. The second kappa shape index (κ2) is 43.8. The molecule has 93 heavy (non-hydrogen) atoms. The van der Waals surface area contributed by atoms with Crippen molar-refractivity contribution in [1.82, 2.24) is 58.5 Å². The van der Waals surface area contributed by atoms with Gasteiger partial charge in [0.1, 0.15) is 54.4 Å². The Morgan fingerprint density at radius 3 is 1.16 bits per heavy atom. The van der Waals surface area contributed by atoms with Crippen molar-refractivity contribution in [2.45, 2.75) is 224 Å². The molecule has 11 amide bonds. The number of carboxylic acids is 4. The van der Waals surface area contributed by atoms with Crippen LogP contribution in [0.1, 0.15) is 157 Å². The molecule has 33 nitrogen and oxygen atoms in total. The predicted molar refractivity (Wildman–Crippen MR) is 333 cm³/mol. The highest BCUT2D eigenvalue weighted by molar-refractivity contribution is 5.99. The summed E-state index contributed by atoms with van der Waals surface area (Å²) < 4.78 is 0. The standard InChI is InChI=1S/C60H97N13O20/c1-8-9-17-37(53(86)70-41(21-25-48(78)79)57(90)71-42(22-26-49(80)81)56(89)69-40(20-24-47(76)77)52(85)65-35(7)51(84)64-34(6)33(4)5)66-55(88)39(19-23-46(62)75)68-54(87)38(18-13-14-27-61)67-60(93)45(31-74)73-59(92)44(28-32(2)3)72-58(91)43(29-50(82)83)63-30-36-15-11-10-12-16-36/h10-12,15-16,32-35,37-45,63,74H,8-9,13-14,17-31,61H2,1-7H3,(H2,62,75)(H,64,84)(H,65,85)(H,66,88)(H,67,93)(H,68,87)(H,69,89)(H,70,86)(H,71,90)(H,72,91)(H,73,92)(H,76,77)(H,78,79)(H,80,81)(H,82,83)/t34-,35+,37+,38+,39+,40+,41+,42+,43+,44+,45+/m1/s1. The van der Waals surface area contributed by atoms with E-state index in [4.69, 9.17) is 11.5 Å². The molecule has 0 fully saturated rings. The second-order valence-electron chi connectivity index (χ2n) is 23.3. The predicted octanol–water partition coefficient (Wildman–Crippen LogP) is -2.62. The van der Waals surface area contributed by atoms with Crippen LogP contribution in [0.15, 0.2) is 30.3 Å². The van der Waals surface area contributed by atoms with Gasteiger partial charge in [-0.15, -0.1) is 0 Å². The molecule has 0 radical (unpaired) electrons. The number of amides is 11. The van der Waals surface area contributed by atoms with E-state index < -0.39 is 214 Å². The summed E-state index contributed by atoms with van der Waals surface area (Å²) in [4.78, 5) is 198. The summed E-state index contributed by atoms with van der Waals surface area (Å²) in [5, 5.41) is 75.8. The van der Waals surface area contributed by atoms with Crippen molar-refractivity contribution in [2.75, 3.05) is 13.2 Å². The van der Waals surface area contributed by atoms with Gasteiger partial charge in [0.15, 0.2) is 0 Å². The Bertz CT molecular complexity index is 2680. The summed E-state index contributed by atoms with van der Waals surface area (Å²) in [5.41, 5.74) is 11.9. The molecule has 0 heterocycles. The largest absolute Gasteiger partial charge is 0.481 e. The number of carboxylic acid groups (broad SMARTS) is 4. The Morgan fingerprint density at radius 2 is 0.785 bits per heavy atom. The van der Waals surface area contributed by atoms with Gasteiger partial charge in [-0.05, 0) is 95.6 Å². The van der Waals surface area contributed by atoms with Gasteiger partial charge >= 0.3 is 23.9 Å². The molecule has 0 spiro atoms. The van der Waals surface area contributed by atoms with Gasteiger partial charge in [0.05, 0.1) is 19.1 Å². The van der Waals surface area contributed by atoms with Gasteiger partial charge in [-0.3, -0.25) is 71.9 Å². The van der Waals surface area contributed by atoms with Gasteiger partial charge in [-0.2, -0.15) is 0 Å². The monoisotopic (exact) mass is 1320 g/mol. The minimum absolute atomic E-state index is 0.00716. The quantitative estimate of drug-likeness (QED) is 0.0297. The van der Waals surface area contributed by atoms with E-state index in [-0.39, 0.29) is 63.1 Å². The van der Waals surface area contributed by atoms with Gasteiger partial charge in [0, 0.05) is 38.3 Å². The smallest absolute Gasteiger partial charge is 0.305 e. The fourth-order valence-corrected chi connectivity index (χ4v) is 8.84. The molecule has 0 aromatic heterocycles. The van der Waals surface area contributed by atoms with Crippen LogP contribution in [0.3, 0.4) is 0 Å². The SMILES string of the molecule is CCCC[C@H](NC(=O)[C@H](CCC(N)=O)NC(=O)[C@H](CCCCN)NC(=O)[C@H](CO)NC(=O)[C@H](CC(C)C)NC(=O)[C@H](CC(=O)O)NCc1ccccc1)C(=O)N[C@@H](CCC(=O)O)C(=O)N[C@@H](CCC(=O)O)C(=O)N[C@@H](CCC(=O)O)C(=O)N[C@@H](C)C(=O)N[C@H](C)C(C)C. The van der Waals surface area contributed by atoms with Crippen molar-refractivity contribution in [3.8, 4) is 0 Å². The molecule has 0 bridgehead atoms. The summed E-state index contributed by atoms with van der Waals surface area (Å²) in [6.07, 6.45) is -5.03. The van der Waals surface area contributed by atoms with Crippen LogP contribution < -0.4 is 70.0 Å². The number of aliphatic hydroxyl groups excluding tert-OH is 1. The van der Waals surface area contributed by atoms with E-state index in [1.807, 2.05) is 13.8 Å². The summed E-state index contributed by atoms with van der Waals surface area (Å²) in [5.74, 6) is -17.1. The molecule has 0 unspecified atom stereocenters. The van der Waals surface area contributed by atoms with Crippen LogP contribution in [0.2, 0.25) is 0 Å². The van der Waals surface area contributed by atoms with Crippen LogP contribution in [-0.4, -0.2) is 194 Å². The number of nitrogens with two attached hydrogens (primary N) is 2. The van der Waals surface area contributed by atoms with Gasteiger partial charge in [0.25, 0.3) is 0 Å². The fourth-order valence-electron chi connectivity index (χ4n) is 8.84. The summed E-state index contributed by atoms with van der Waals surface area (Å²) in [6.45, 7) is 11.1. The number of hydrogen-bond donors (Lipinski definition) is 18. The third-order valence-corrected chi connectivity index (χ3v) is 14.6. The number of nitrogens with one attached hydrogen (secondary N) is 11. The molecule has 1 aromatic rings. The minimum atomic E-state index is -1.84. The molecule has 11 atom stereocenters. The zero-order valence-corrected chi connectivity index (χ0v) is 53.8. The highest BCUT2D eigenvalue weighted by Crippen LogP contribution is 2.13. The number of hydrogen-bond acceptors (Lipinski definition) is 18. The first kappa shape index (κ1) is 82.2. The number of carbonyl (C=O) groups is 15. The number of carbonyl (C=O) groups excluding carboxylic acids is 11. The Hall–Kier alpha value is -8.85. The van der Waals surface area contributed by atoms with Gasteiger partial charge in [-0.1, -0.05) is 77.8 Å². The topological polar surface area (TPSA) is 542 Å². The number of primary amides is 1.